The Morgan fingerprint density at radius 3 is 2.73 bits per heavy atom. The van der Waals surface area contributed by atoms with Crippen molar-refractivity contribution in [3.8, 4) is 0 Å². The summed E-state index contributed by atoms with van der Waals surface area (Å²) in [6, 6.07) is 0. The molecule has 3 unspecified atom stereocenters. The van der Waals surface area contributed by atoms with E-state index in [1.165, 1.54) is 11.8 Å². The van der Waals surface area contributed by atoms with E-state index in [1.807, 2.05) is 19.9 Å². The standard InChI is InChI=1S/C24H36N2O4/c1-13-8-17-16-5-4-15-9-18(26)14(12-25)10-22(15,2)21(16)19(28)11-23(17,3)24(13,30)20(29)6-7-27/h9,12-13,16-17,19,21,25,27-28,30H,4-8,10-11,26H2,1-3H3/t13-,16-,17?,19?,21?,22-,23-,24-/m0/s1. The van der Waals surface area contributed by atoms with Crippen molar-refractivity contribution in [1.29, 1.82) is 5.41 Å². The van der Waals surface area contributed by atoms with Gasteiger partial charge in [-0.15, -0.1) is 0 Å². The van der Waals surface area contributed by atoms with E-state index >= 15 is 0 Å². The molecule has 6 heteroatoms. The van der Waals surface area contributed by atoms with Crippen molar-refractivity contribution < 1.29 is 20.1 Å². The highest BCUT2D eigenvalue weighted by atomic mass is 16.3. The molecule has 0 aliphatic heterocycles. The molecule has 0 spiro atoms. The van der Waals surface area contributed by atoms with Gasteiger partial charge in [0.2, 0.25) is 0 Å². The van der Waals surface area contributed by atoms with Gasteiger partial charge in [-0.25, -0.2) is 0 Å². The molecule has 0 aromatic heterocycles. The molecule has 8 atom stereocenters. The highest BCUT2D eigenvalue weighted by Crippen LogP contribution is 2.69. The maximum absolute atomic E-state index is 13.0. The van der Waals surface area contributed by atoms with Crippen molar-refractivity contribution in [2.24, 2.45) is 40.2 Å². The van der Waals surface area contributed by atoms with E-state index in [0.717, 1.165) is 24.8 Å². The molecular weight excluding hydrogens is 380 g/mol. The van der Waals surface area contributed by atoms with Gasteiger partial charge in [0.25, 0.3) is 0 Å². The first kappa shape index (κ1) is 21.7. The number of rotatable bonds is 4. The summed E-state index contributed by atoms with van der Waals surface area (Å²) in [5.41, 5.74) is 6.43. The first-order chi connectivity index (χ1) is 14.0. The number of ketones is 1. The Morgan fingerprint density at radius 1 is 1.40 bits per heavy atom. The van der Waals surface area contributed by atoms with Crippen LogP contribution in [0.1, 0.15) is 59.3 Å². The zero-order valence-electron chi connectivity index (χ0n) is 18.3. The molecule has 0 aromatic carbocycles. The van der Waals surface area contributed by atoms with Crippen molar-refractivity contribution in [3.05, 3.63) is 22.9 Å². The van der Waals surface area contributed by atoms with E-state index in [0.29, 0.717) is 18.5 Å². The number of allylic oxidation sites excluding steroid dienone is 3. The van der Waals surface area contributed by atoms with Crippen LogP contribution in [0.15, 0.2) is 22.9 Å². The monoisotopic (exact) mass is 416 g/mol. The Bertz CT molecular complexity index is 835. The summed E-state index contributed by atoms with van der Waals surface area (Å²) in [7, 11) is 0. The fourth-order valence-electron chi connectivity index (χ4n) is 8.07. The number of fused-ring (bicyclic) bond motifs is 5. The van der Waals surface area contributed by atoms with E-state index in [4.69, 9.17) is 11.1 Å². The number of aliphatic hydroxyl groups excluding tert-OH is 2. The number of aliphatic hydroxyl groups is 3. The third-order valence-corrected chi connectivity index (χ3v) is 9.45. The maximum Gasteiger partial charge on any atom is 0.167 e. The van der Waals surface area contributed by atoms with Gasteiger partial charge < -0.3 is 26.5 Å². The number of carbonyl (C=O) groups excluding carboxylic acids is 1. The molecule has 0 bridgehead atoms. The topological polar surface area (TPSA) is 128 Å². The number of nitrogens with two attached hydrogens (primary N) is 1. The van der Waals surface area contributed by atoms with Crippen LogP contribution in [0.25, 0.3) is 0 Å². The second kappa shape index (κ2) is 7.01. The van der Waals surface area contributed by atoms with Gasteiger partial charge in [0.1, 0.15) is 5.60 Å². The summed E-state index contributed by atoms with van der Waals surface area (Å²) in [5.74, 6) is -0.151. The fourth-order valence-corrected chi connectivity index (χ4v) is 8.07. The van der Waals surface area contributed by atoms with Crippen molar-refractivity contribution in [1.82, 2.24) is 0 Å². The Balaban J connectivity index is 1.75. The molecule has 3 fully saturated rings. The van der Waals surface area contributed by atoms with Crippen molar-refractivity contribution in [3.63, 3.8) is 0 Å². The van der Waals surface area contributed by atoms with Gasteiger partial charge in [0.15, 0.2) is 5.78 Å². The minimum Gasteiger partial charge on any atom is -0.398 e. The van der Waals surface area contributed by atoms with Crippen LogP contribution in [0.4, 0.5) is 0 Å². The van der Waals surface area contributed by atoms with Gasteiger partial charge in [0, 0.05) is 23.7 Å². The molecule has 166 valence electrons. The highest BCUT2D eigenvalue weighted by Gasteiger charge is 2.70. The van der Waals surface area contributed by atoms with Crippen LogP contribution in [0, 0.1) is 39.9 Å². The number of hydrogen-bond donors (Lipinski definition) is 5. The second-order valence-electron chi connectivity index (χ2n) is 10.7. The average molecular weight is 417 g/mol. The third-order valence-electron chi connectivity index (χ3n) is 9.45. The van der Waals surface area contributed by atoms with E-state index in [9.17, 15) is 20.1 Å². The largest absolute Gasteiger partial charge is 0.398 e. The SMILES string of the molecule is C[C@H]1CC2[C@@H]3CCC4=CC(N)=C(C=N)C[C@]4(C)C3C(O)C[C@]2(C)[C@@]1(O)C(=O)CCO. The third kappa shape index (κ3) is 2.59. The van der Waals surface area contributed by atoms with E-state index in [-0.39, 0.29) is 47.9 Å². The molecule has 0 aromatic rings. The van der Waals surface area contributed by atoms with Crippen LogP contribution in [0.3, 0.4) is 0 Å². The lowest BCUT2D eigenvalue weighted by atomic mass is 9.45. The Labute approximate surface area is 178 Å². The van der Waals surface area contributed by atoms with Crippen LogP contribution in [-0.2, 0) is 4.79 Å². The molecule has 4 aliphatic rings. The van der Waals surface area contributed by atoms with Gasteiger partial charge in [-0.1, -0.05) is 26.3 Å². The Hall–Kier alpha value is -1.50. The minimum atomic E-state index is -1.51. The van der Waals surface area contributed by atoms with Crippen LogP contribution in [-0.4, -0.2) is 45.6 Å². The second-order valence-corrected chi connectivity index (χ2v) is 10.7. The molecule has 0 amide bonds. The molecule has 0 radical (unpaired) electrons. The van der Waals surface area contributed by atoms with E-state index < -0.39 is 17.1 Å². The molecule has 3 saturated carbocycles. The number of Topliss-reactive ketones (excluding diaryl/α,β-unsaturated/α-hetero) is 1. The predicted molar refractivity (Wildman–Crippen MR) is 115 cm³/mol. The molecule has 4 aliphatic carbocycles. The zero-order chi connectivity index (χ0) is 22.1. The van der Waals surface area contributed by atoms with Crippen LogP contribution in [0.2, 0.25) is 0 Å². The Morgan fingerprint density at radius 2 is 2.10 bits per heavy atom. The van der Waals surface area contributed by atoms with Gasteiger partial charge in [-0.05, 0) is 72.8 Å². The molecule has 0 saturated heterocycles. The molecular formula is C24H36N2O4. The lowest BCUT2D eigenvalue weighted by Gasteiger charge is -2.60. The number of hydrogen-bond acceptors (Lipinski definition) is 6. The predicted octanol–water partition coefficient (Wildman–Crippen LogP) is 2.32. The summed E-state index contributed by atoms with van der Waals surface area (Å²) in [5, 5.41) is 40.3. The van der Waals surface area contributed by atoms with Gasteiger partial charge in [0.05, 0.1) is 12.7 Å². The molecule has 6 N–H and O–H groups in total. The van der Waals surface area contributed by atoms with Crippen LogP contribution < -0.4 is 5.73 Å². The summed E-state index contributed by atoms with van der Waals surface area (Å²) < 4.78 is 0. The first-order valence-electron chi connectivity index (χ1n) is 11.3. The average Bonchev–Trinajstić information content (AvgIpc) is 2.89. The zero-order valence-corrected chi connectivity index (χ0v) is 18.3. The van der Waals surface area contributed by atoms with E-state index in [2.05, 4.69) is 6.92 Å². The molecule has 0 heterocycles. The summed E-state index contributed by atoms with van der Waals surface area (Å²) in [6.45, 7) is 5.84. The van der Waals surface area contributed by atoms with Gasteiger partial charge in [-0.3, -0.25) is 4.79 Å². The van der Waals surface area contributed by atoms with Crippen LogP contribution >= 0.6 is 0 Å². The lowest BCUT2D eigenvalue weighted by molar-refractivity contribution is -0.184. The quantitative estimate of drug-likeness (QED) is 0.449. The van der Waals surface area contributed by atoms with Crippen molar-refractivity contribution >= 4 is 12.0 Å². The normalized spacial score (nSPS) is 47.8. The number of nitrogens with one attached hydrogen (secondary N) is 1. The minimum absolute atomic E-state index is 0.0149. The smallest absolute Gasteiger partial charge is 0.167 e. The molecule has 30 heavy (non-hydrogen) atoms. The molecule has 4 rings (SSSR count). The molecule has 6 nitrogen and oxygen atoms in total. The van der Waals surface area contributed by atoms with Gasteiger partial charge in [-0.2, -0.15) is 0 Å². The summed E-state index contributed by atoms with van der Waals surface area (Å²) in [6.07, 6.45) is 6.23. The highest BCUT2D eigenvalue weighted by molar-refractivity contribution is 5.89. The van der Waals surface area contributed by atoms with Crippen molar-refractivity contribution in [2.45, 2.75) is 71.0 Å². The van der Waals surface area contributed by atoms with Crippen molar-refractivity contribution in [2.75, 3.05) is 6.61 Å². The van der Waals surface area contributed by atoms with Crippen LogP contribution in [0.5, 0.6) is 0 Å². The lowest BCUT2D eigenvalue weighted by Crippen LogP contribution is -2.62. The maximum atomic E-state index is 13.0. The summed E-state index contributed by atoms with van der Waals surface area (Å²) >= 11 is 0. The van der Waals surface area contributed by atoms with E-state index in [1.54, 1.807) is 0 Å². The summed E-state index contributed by atoms with van der Waals surface area (Å²) in [4.78, 5) is 13.0. The first-order valence-corrected chi connectivity index (χ1v) is 11.3. The van der Waals surface area contributed by atoms with Gasteiger partial charge >= 0.3 is 0 Å². The number of carbonyl (C=O) groups is 1. The fraction of sp³-hybridized carbons (Fsp3) is 0.750. The Kier molecular flexibility index (Phi) is 5.07.